The van der Waals surface area contributed by atoms with Gasteiger partial charge in [-0.05, 0) is 36.4 Å². The summed E-state index contributed by atoms with van der Waals surface area (Å²) in [5.41, 5.74) is 0. The minimum Gasteiger partial charge on any atom is -0.0831 e. The van der Waals surface area contributed by atoms with E-state index >= 15 is 0 Å². The fourth-order valence-corrected chi connectivity index (χ4v) is 5.13. The highest BCUT2D eigenvalue weighted by Crippen LogP contribution is 2.44. The molecule has 0 saturated carbocycles. The van der Waals surface area contributed by atoms with Crippen molar-refractivity contribution in [3.63, 3.8) is 0 Å². The van der Waals surface area contributed by atoms with Crippen LogP contribution in [0.15, 0.2) is 55.1 Å². The summed E-state index contributed by atoms with van der Waals surface area (Å²) >= 11 is 19.1. The van der Waals surface area contributed by atoms with Gasteiger partial charge in [0, 0.05) is 18.7 Å². The molecule has 0 radical (unpaired) electrons. The van der Waals surface area contributed by atoms with Crippen LogP contribution in [0.3, 0.4) is 0 Å². The van der Waals surface area contributed by atoms with Crippen molar-refractivity contribution < 1.29 is 0 Å². The van der Waals surface area contributed by atoms with Gasteiger partial charge in [-0.3, -0.25) is 0 Å². The van der Waals surface area contributed by atoms with Crippen molar-refractivity contribution in [3.8, 4) is 0 Å². The van der Waals surface area contributed by atoms with Gasteiger partial charge in [0.1, 0.15) is 0 Å². The molecule has 0 aliphatic carbocycles. The van der Waals surface area contributed by atoms with Crippen molar-refractivity contribution in [1.29, 1.82) is 0 Å². The summed E-state index contributed by atoms with van der Waals surface area (Å²) in [5, 5.41) is 1.48. The van der Waals surface area contributed by atoms with E-state index < -0.39 is 0 Å². The zero-order valence-corrected chi connectivity index (χ0v) is 15.1. The van der Waals surface area contributed by atoms with Crippen molar-refractivity contribution >= 4 is 76.6 Å². The first-order chi connectivity index (χ1) is 8.56. The first kappa shape index (κ1) is 15.1. The third-order valence-electron chi connectivity index (χ3n) is 2.01. The monoisotopic (exact) mass is 442 g/mol. The molecule has 0 aromatic heterocycles. The molecule has 0 fully saturated rings. The molecule has 0 atom stereocenters. The molecular weight excluding hydrogens is 439 g/mol. The molecule has 0 spiro atoms. The Hall–Kier alpha value is 0.680. The second kappa shape index (κ2) is 6.91. The highest BCUT2D eigenvalue weighted by atomic mass is 79.9. The molecule has 0 aliphatic rings. The molecule has 2 rings (SSSR count). The number of hydrogen-bond acceptors (Lipinski definition) is 2. The Kier molecular flexibility index (Phi) is 5.79. The minimum absolute atomic E-state index is 0.738. The summed E-state index contributed by atoms with van der Waals surface area (Å²) in [6, 6.07) is 11.6. The van der Waals surface area contributed by atoms with Crippen LogP contribution in [0, 0.1) is 0 Å². The molecular formula is C12H6Br2Cl2S2. The fraction of sp³-hybridized carbons (Fsp3) is 0. The zero-order chi connectivity index (χ0) is 13.1. The van der Waals surface area contributed by atoms with Gasteiger partial charge in [0.15, 0.2) is 0 Å². The van der Waals surface area contributed by atoms with Gasteiger partial charge in [-0.15, -0.1) is 0 Å². The fourth-order valence-electron chi connectivity index (χ4n) is 1.17. The van der Waals surface area contributed by atoms with E-state index in [1.165, 1.54) is 0 Å². The van der Waals surface area contributed by atoms with Crippen LogP contribution in [0.4, 0.5) is 0 Å². The normalized spacial score (nSPS) is 10.7. The number of rotatable bonds is 3. The maximum Gasteiger partial charge on any atom is 0.0551 e. The summed E-state index contributed by atoms with van der Waals surface area (Å²) in [4.78, 5) is 2.01. The average Bonchev–Trinajstić information content (AvgIpc) is 2.34. The Morgan fingerprint density at radius 1 is 0.722 bits per heavy atom. The molecule has 2 aromatic carbocycles. The van der Waals surface area contributed by atoms with Gasteiger partial charge < -0.3 is 0 Å². The average molecular weight is 445 g/mol. The SMILES string of the molecule is Clc1ccc(Br)cc1SSc1cc(Br)ccc1Cl. The zero-order valence-electron chi connectivity index (χ0n) is 8.79. The Labute approximate surface area is 140 Å². The Morgan fingerprint density at radius 3 is 1.50 bits per heavy atom. The smallest absolute Gasteiger partial charge is 0.0551 e. The van der Waals surface area contributed by atoms with E-state index in [-0.39, 0.29) is 0 Å². The van der Waals surface area contributed by atoms with Gasteiger partial charge in [0.2, 0.25) is 0 Å². The van der Waals surface area contributed by atoms with E-state index in [9.17, 15) is 0 Å². The van der Waals surface area contributed by atoms with Crippen LogP contribution in [0.1, 0.15) is 0 Å². The molecule has 18 heavy (non-hydrogen) atoms. The molecule has 0 aliphatic heterocycles. The lowest BCUT2D eigenvalue weighted by molar-refractivity contribution is 1.44. The molecule has 0 N–H and O–H groups in total. The van der Waals surface area contributed by atoms with Crippen LogP contribution in [0.2, 0.25) is 10.0 Å². The van der Waals surface area contributed by atoms with Crippen LogP contribution in [-0.2, 0) is 0 Å². The first-order valence-electron chi connectivity index (χ1n) is 4.81. The van der Waals surface area contributed by atoms with Crippen molar-refractivity contribution in [3.05, 3.63) is 55.4 Å². The van der Waals surface area contributed by atoms with Gasteiger partial charge >= 0.3 is 0 Å². The third-order valence-corrected chi connectivity index (χ3v) is 6.32. The largest absolute Gasteiger partial charge is 0.0831 e. The molecule has 0 heterocycles. The van der Waals surface area contributed by atoms with Crippen LogP contribution in [-0.4, -0.2) is 0 Å². The number of halogens is 4. The first-order valence-corrected chi connectivity index (χ1v) is 9.30. The van der Waals surface area contributed by atoms with Gasteiger partial charge in [0.25, 0.3) is 0 Å². The van der Waals surface area contributed by atoms with E-state index in [0.717, 1.165) is 28.8 Å². The predicted molar refractivity (Wildman–Crippen MR) is 90.0 cm³/mol. The summed E-state index contributed by atoms with van der Waals surface area (Å²) in [7, 11) is 3.17. The third kappa shape index (κ3) is 4.09. The molecule has 6 heteroatoms. The number of benzene rings is 2. The van der Waals surface area contributed by atoms with E-state index in [0.29, 0.717) is 0 Å². The molecule has 0 saturated heterocycles. The van der Waals surface area contributed by atoms with Crippen molar-refractivity contribution in [1.82, 2.24) is 0 Å². The molecule has 0 unspecified atom stereocenters. The van der Waals surface area contributed by atoms with Crippen LogP contribution in [0.25, 0.3) is 0 Å². The molecule has 0 nitrogen and oxygen atoms in total. The summed E-state index contributed by atoms with van der Waals surface area (Å²) in [5.74, 6) is 0. The lowest BCUT2D eigenvalue weighted by Crippen LogP contribution is -1.75. The van der Waals surface area contributed by atoms with E-state index in [2.05, 4.69) is 31.9 Å². The van der Waals surface area contributed by atoms with Gasteiger partial charge in [0.05, 0.1) is 10.0 Å². The second-order valence-corrected chi connectivity index (χ2v) is 8.17. The second-order valence-electron chi connectivity index (χ2n) is 3.32. The Bertz CT molecular complexity index is 524. The Morgan fingerprint density at radius 2 is 1.11 bits per heavy atom. The highest BCUT2D eigenvalue weighted by molar-refractivity contribution is 9.10. The summed E-state index contributed by atoms with van der Waals surface area (Å²) in [6.45, 7) is 0. The molecule has 94 valence electrons. The summed E-state index contributed by atoms with van der Waals surface area (Å²) in [6.07, 6.45) is 0. The van der Waals surface area contributed by atoms with Crippen LogP contribution in [0.5, 0.6) is 0 Å². The van der Waals surface area contributed by atoms with E-state index in [4.69, 9.17) is 23.2 Å². The van der Waals surface area contributed by atoms with E-state index in [1.54, 1.807) is 21.6 Å². The maximum atomic E-state index is 6.14. The van der Waals surface area contributed by atoms with Gasteiger partial charge in [-0.25, -0.2) is 0 Å². The summed E-state index contributed by atoms with van der Waals surface area (Å²) < 4.78 is 2.02. The lowest BCUT2D eigenvalue weighted by Gasteiger charge is -2.06. The van der Waals surface area contributed by atoms with Crippen molar-refractivity contribution in [2.75, 3.05) is 0 Å². The minimum atomic E-state index is 0.738. The van der Waals surface area contributed by atoms with Crippen LogP contribution >= 0.6 is 76.6 Å². The highest BCUT2D eigenvalue weighted by Gasteiger charge is 2.06. The molecule has 0 bridgehead atoms. The van der Waals surface area contributed by atoms with Crippen LogP contribution < -0.4 is 0 Å². The number of hydrogen-bond donors (Lipinski definition) is 0. The molecule has 0 amide bonds. The standard InChI is InChI=1S/C12H6Br2Cl2S2/c13-7-1-3-9(15)11(5-7)17-18-12-6-8(14)2-4-10(12)16/h1-6H. The topological polar surface area (TPSA) is 0 Å². The van der Waals surface area contributed by atoms with Gasteiger partial charge in [-0.1, -0.05) is 76.6 Å². The van der Waals surface area contributed by atoms with E-state index in [1.807, 2.05) is 36.4 Å². The molecule has 2 aromatic rings. The van der Waals surface area contributed by atoms with Crippen molar-refractivity contribution in [2.45, 2.75) is 9.79 Å². The van der Waals surface area contributed by atoms with Gasteiger partial charge in [-0.2, -0.15) is 0 Å². The quantitative estimate of drug-likeness (QED) is 0.455. The van der Waals surface area contributed by atoms with Crippen molar-refractivity contribution in [2.24, 2.45) is 0 Å². The lowest BCUT2D eigenvalue weighted by atomic mass is 10.4. The maximum absolute atomic E-state index is 6.14. The predicted octanol–water partition coefficient (Wildman–Crippen LogP) is 7.32. The Balaban J connectivity index is 2.16.